The van der Waals surface area contributed by atoms with Crippen LogP contribution in [0.15, 0.2) is 48.5 Å². The fourth-order valence-electron chi connectivity index (χ4n) is 3.65. The fourth-order valence-corrected chi connectivity index (χ4v) is 3.65. The highest BCUT2D eigenvalue weighted by Crippen LogP contribution is 2.38. The van der Waals surface area contributed by atoms with Crippen molar-refractivity contribution in [1.29, 1.82) is 0 Å². The van der Waals surface area contributed by atoms with E-state index in [4.69, 9.17) is 14.2 Å². The largest absolute Gasteiger partial charge is 0.493 e. The second-order valence-electron chi connectivity index (χ2n) is 6.86. The summed E-state index contributed by atoms with van der Waals surface area (Å²) in [5.41, 5.74) is 2.00. The van der Waals surface area contributed by atoms with E-state index >= 15 is 0 Å². The number of para-hydroxylation sites is 1. The van der Waals surface area contributed by atoms with Gasteiger partial charge in [-0.05, 0) is 48.7 Å². The summed E-state index contributed by atoms with van der Waals surface area (Å²) in [6.45, 7) is 1.64. The van der Waals surface area contributed by atoms with E-state index in [2.05, 4.69) is 22.3 Å². The van der Waals surface area contributed by atoms with Crippen molar-refractivity contribution >= 4 is 17.7 Å². The van der Waals surface area contributed by atoms with Gasteiger partial charge in [-0.1, -0.05) is 18.2 Å². The summed E-state index contributed by atoms with van der Waals surface area (Å²) in [6, 6.07) is 14.3. The van der Waals surface area contributed by atoms with E-state index in [0.29, 0.717) is 29.8 Å². The highest BCUT2D eigenvalue weighted by molar-refractivity contribution is 5.92. The Hall–Kier alpha value is -3.15. The van der Waals surface area contributed by atoms with Crippen molar-refractivity contribution in [2.45, 2.75) is 18.9 Å². The van der Waals surface area contributed by atoms with Crippen LogP contribution < -0.4 is 24.4 Å². The summed E-state index contributed by atoms with van der Waals surface area (Å²) in [6.07, 6.45) is 5.48. The lowest BCUT2D eigenvalue weighted by Crippen LogP contribution is -2.39. The molecule has 1 heterocycles. The van der Waals surface area contributed by atoms with Gasteiger partial charge in [-0.25, -0.2) is 0 Å². The van der Waals surface area contributed by atoms with E-state index in [-0.39, 0.29) is 5.91 Å². The molecular weight excluding hydrogens is 368 g/mol. The predicted octanol–water partition coefficient (Wildman–Crippen LogP) is 3.51. The van der Waals surface area contributed by atoms with Crippen molar-refractivity contribution in [3.8, 4) is 17.2 Å². The molecule has 154 valence electrons. The zero-order chi connectivity index (χ0) is 20.6. The number of hydrogen-bond donors (Lipinski definition) is 1. The van der Waals surface area contributed by atoms with Gasteiger partial charge < -0.3 is 24.4 Å². The molecule has 0 spiro atoms. The number of nitrogens with zero attached hydrogens (tertiary/aromatic N) is 1. The van der Waals surface area contributed by atoms with Crippen LogP contribution in [0, 0.1) is 0 Å². The Morgan fingerprint density at radius 3 is 2.41 bits per heavy atom. The number of methoxy groups -OCH3 is 3. The molecule has 0 radical (unpaired) electrons. The molecule has 0 saturated carbocycles. The predicted molar refractivity (Wildman–Crippen MR) is 115 cm³/mol. The second-order valence-corrected chi connectivity index (χ2v) is 6.86. The molecule has 3 rings (SSSR count). The maximum Gasteiger partial charge on any atom is 0.244 e. The lowest BCUT2D eigenvalue weighted by atomic mass is 10.1. The Morgan fingerprint density at radius 1 is 1.10 bits per heavy atom. The van der Waals surface area contributed by atoms with Crippen LogP contribution >= 0.6 is 0 Å². The van der Waals surface area contributed by atoms with E-state index in [0.717, 1.165) is 24.9 Å². The number of anilines is 1. The highest BCUT2D eigenvalue weighted by atomic mass is 16.5. The number of benzene rings is 2. The van der Waals surface area contributed by atoms with Gasteiger partial charge in [0.1, 0.15) is 0 Å². The number of carbonyl (C=O) groups is 1. The average molecular weight is 396 g/mol. The van der Waals surface area contributed by atoms with Crippen LogP contribution in [0.25, 0.3) is 6.08 Å². The molecule has 0 bridgehead atoms. The molecule has 1 N–H and O–H groups in total. The van der Waals surface area contributed by atoms with Gasteiger partial charge in [0.2, 0.25) is 11.7 Å². The molecule has 1 aliphatic rings. The number of carbonyl (C=O) groups excluding carboxylic acids is 1. The van der Waals surface area contributed by atoms with E-state index < -0.39 is 0 Å². The van der Waals surface area contributed by atoms with Crippen molar-refractivity contribution in [3.05, 3.63) is 54.1 Å². The first-order valence-corrected chi connectivity index (χ1v) is 9.74. The summed E-state index contributed by atoms with van der Waals surface area (Å²) >= 11 is 0. The molecule has 6 heteroatoms. The van der Waals surface area contributed by atoms with Gasteiger partial charge in [0.15, 0.2) is 11.5 Å². The first-order valence-electron chi connectivity index (χ1n) is 9.74. The molecule has 29 heavy (non-hydrogen) atoms. The Labute approximate surface area is 172 Å². The third-order valence-corrected chi connectivity index (χ3v) is 5.09. The minimum absolute atomic E-state index is 0.126. The monoisotopic (exact) mass is 396 g/mol. The maximum atomic E-state index is 12.3. The minimum atomic E-state index is -0.126. The smallest absolute Gasteiger partial charge is 0.244 e. The van der Waals surface area contributed by atoms with Gasteiger partial charge in [-0.2, -0.15) is 0 Å². The Balaban J connectivity index is 1.61. The Bertz CT molecular complexity index is 826. The SMILES string of the molecule is COc1cc(C=CC(=O)NCC2CCCN2c2ccccc2)cc(OC)c1OC. The second kappa shape index (κ2) is 9.87. The van der Waals surface area contributed by atoms with Crippen molar-refractivity contribution in [2.24, 2.45) is 0 Å². The molecule has 1 saturated heterocycles. The highest BCUT2D eigenvalue weighted by Gasteiger charge is 2.24. The number of amides is 1. The molecular formula is C23H28N2O4. The molecule has 6 nitrogen and oxygen atoms in total. The van der Waals surface area contributed by atoms with Crippen LogP contribution in [-0.2, 0) is 4.79 Å². The number of nitrogens with one attached hydrogen (secondary N) is 1. The van der Waals surface area contributed by atoms with Crippen LogP contribution in [0.4, 0.5) is 5.69 Å². The van der Waals surface area contributed by atoms with Crippen LogP contribution in [-0.4, -0.2) is 46.4 Å². The van der Waals surface area contributed by atoms with Crippen molar-refractivity contribution in [2.75, 3.05) is 39.3 Å². The van der Waals surface area contributed by atoms with Gasteiger partial charge in [-0.15, -0.1) is 0 Å². The molecule has 1 atom stereocenters. The third kappa shape index (κ3) is 5.02. The van der Waals surface area contributed by atoms with Crippen LogP contribution in [0.1, 0.15) is 18.4 Å². The summed E-state index contributed by atoms with van der Waals surface area (Å²) < 4.78 is 16.0. The number of ether oxygens (including phenoxy) is 3. The van der Waals surface area contributed by atoms with Gasteiger partial charge in [0, 0.05) is 30.9 Å². The van der Waals surface area contributed by atoms with Gasteiger partial charge in [0.25, 0.3) is 0 Å². The van der Waals surface area contributed by atoms with Crippen LogP contribution in [0.3, 0.4) is 0 Å². The quantitative estimate of drug-likeness (QED) is 0.692. The lowest BCUT2D eigenvalue weighted by Gasteiger charge is -2.26. The minimum Gasteiger partial charge on any atom is -0.493 e. The molecule has 2 aromatic rings. The van der Waals surface area contributed by atoms with E-state index in [1.165, 1.54) is 11.8 Å². The Morgan fingerprint density at radius 2 is 1.79 bits per heavy atom. The lowest BCUT2D eigenvalue weighted by molar-refractivity contribution is -0.116. The van der Waals surface area contributed by atoms with Crippen molar-refractivity contribution < 1.29 is 19.0 Å². The normalized spacial score (nSPS) is 16.1. The van der Waals surface area contributed by atoms with E-state index in [1.54, 1.807) is 39.5 Å². The zero-order valence-electron chi connectivity index (χ0n) is 17.2. The molecule has 1 fully saturated rings. The van der Waals surface area contributed by atoms with Crippen LogP contribution in [0.2, 0.25) is 0 Å². The fraction of sp³-hybridized carbons (Fsp3) is 0.348. The van der Waals surface area contributed by atoms with Crippen molar-refractivity contribution in [1.82, 2.24) is 5.32 Å². The zero-order valence-corrected chi connectivity index (χ0v) is 17.2. The van der Waals surface area contributed by atoms with Crippen LogP contribution in [0.5, 0.6) is 17.2 Å². The molecule has 2 aromatic carbocycles. The topological polar surface area (TPSA) is 60.0 Å². The first-order chi connectivity index (χ1) is 14.2. The average Bonchev–Trinajstić information content (AvgIpc) is 3.24. The molecule has 1 aliphatic heterocycles. The molecule has 0 aliphatic carbocycles. The number of hydrogen-bond acceptors (Lipinski definition) is 5. The summed E-state index contributed by atoms with van der Waals surface area (Å²) in [5, 5.41) is 3.02. The Kier molecular flexibility index (Phi) is 7.00. The standard InChI is InChI=1S/C23H28N2O4/c1-27-20-14-17(15-21(28-2)23(20)29-3)11-12-22(26)24-16-19-10-7-13-25(19)18-8-5-4-6-9-18/h4-6,8-9,11-12,14-15,19H,7,10,13,16H2,1-3H3,(H,24,26). The molecule has 1 unspecified atom stereocenters. The molecule has 1 amide bonds. The van der Waals surface area contributed by atoms with Gasteiger partial charge in [-0.3, -0.25) is 4.79 Å². The van der Waals surface area contributed by atoms with Gasteiger partial charge >= 0.3 is 0 Å². The van der Waals surface area contributed by atoms with E-state index in [1.807, 2.05) is 18.2 Å². The van der Waals surface area contributed by atoms with Crippen molar-refractivity contribution in [3.63, 3.8) is 0 Å². The molecule has 0 aromatic heterocycles. The van der Waals surface area contributed by atoms with E-state index in [9.17, 15) is 4.79 Å². The summed E-state index contributed by atoms with van der Waals surface area (Å²) in [4.78, 5) is 14.7. The third-order valence-electron chi connectivity index (χ3n) is 5.09. The maximum absolute atomic E-state index is 12.3. The first kappa shape index (κ1) is 20.6. The summed E-state index contributed by atoms with van der Waals surface area (Å²) in [7, 11) is 4.69. The summed E-state index contributed by atoms with van der Waals surface area (Å²) in [5.74, 6) is 1.50. The van der Waals surface area contributed by atoms with Gasteiger partial charge in [0.05, 0.1) is 21.3 Å². The number of rotatable bonds is 8.